The van der Waals surface area contributed by atoms with Crippen LogP contribution in [0.3, 0.4) is 0 Å². The number of hydrogen-bond acceptors (Lipinski definition) is 3. The summed E-state index contributed by atoms with van der Waals surface area (Å²) in [6.45, 7) is -2.77. The van der Waals surface area contributed by atoms with Crippen molar-refractivity contribution >= 4 is 27.7 Å². The molecule has 2 heterocycles. The molecule has 0 aliphatic rings. The minimum absolute atomic E-state index is 0.0972. The summed E-state index contributed by atoms with van der Waals surface area (Å²) in [5.41, 5.74) is -0.0972. The van der Waals surface area contributed by atoms with Gasteiger partial charge < -0.3 is 5.32 Å². The number of alkyl halides is 2. The third kappa shape index (κ3) is 2.89. The van der Waals surface area contributed by atoms with Crippen molar-refractivity contribution in [3.8, 4) is 0 Å². The summed E-state index contributed by atoms with van der Waals surface area (Å²) in [5.74, 6) is -0.279. The molecule has 94 valence electrons. The highest BCUT2D eigenvalue weighted by Gasteiger charge is 2.13. The number of carbonyl (C=O) groups excluding carboxylic acids is 1. The summed E-state index contributed by atoms with van der Waals surface area (Å²) in [6, 6.07) is 4.48. The highest BCUT2D eigenvalue weighted by atomic mass is 79.9. The highest BCUT2D eigenvalue weighted by molar-refractivity contribution is 9.10. The van der Waals surface area contributed by atoms with E-state index in [4.69, 9.17) is 0 Å². The lowest BCUT2D eigenvalue weighted by Crippen LogP contribution is -2.14. The number of nitrogens with one attached hydrogen (secondary N) is 1. The second kappa shape index (κ2) is 5.21. The van der Waals surface area contributed by atoms with Gasteiger partial charge in [-0.15, -0.1) is 0 Å². The van der Waals surface area contributed by atoms with E-state index < -0.39 is 12.5 Å². The van der Waals surface area contributed by atoms with Gasteiger partial charge in [-0.3, -0.25) is 4.79 Å². The topological polar surface area (TPSA) is 59.8 Å². The zero-order valence-electron chi connectivity index (χ0n) is 8.85. The molecule has 0 saturated carbocycles. The summed E-state index contributed by atoms with van der Waals surface area (Å²) < 4.78 is 25.7. The van der Waals surface area contributed by atoms with Crippen LogP contribution in [0.5, 0.6) is 0 Å². The Morgan fingerprint density at radius 2 is 2.17 bits per heavy atom. The number of carbonyl (C=O) groups is 1. The second-order valence-corrected chi connectivity index (χ2v) is 4.19. The fraction of sp³-hybridized carbons (Fsp3) is 0.100. The molecule has 0 saturated heterocycles. The second-order valence-electron chi connectivity index (χ2n) is 3.27. The van der Waals surface area contributed by atoms with E-state index in [0.29, 0.717) is 10.5 Å². The molecule has 2 rings (SSSR count). The quantitative estimate of drug-likeness (QED) is 0.947. The van der Waals surface area contributed by atoms with Gasteiger partial charge in [0, 0.05) is 16.9 Å². The smallest absolute Gasteiger partial charge is 0.305 e. The Kier molecular flexibility index (Phi) is 3.66. The fourth-order valence-electron chi connectivity index (χ4n) is 1.20. The molecule has 0 spiro atoms. The van der Waals surface area contributed by atoms with Gasteiger partial charge >= 0.3 is 6.55 Å². The van der Waals surface area contributed by atoms with E-state index in [1.54, 1.807) is 12.1 Å². The molecule has 0 aliphatic carbocycles. The molecular weight excluding hydrogens is 310 g/mol. The Hall–Kier alpha value is -1.83. The third-order valence-corrected chi connectivity index (χ3v) is 2.48. The monoisotopic (exact) mass is 316 g/mol. The number of nitrogens with zero attached hydrogens (tertiary/aromatic N) is 3. The van der Waals surface area contributed by atoms with Crippen molar-refractivity contribution in [2.24, 2.45) is 0 Å². The predicted molar refractivity (Wildman–Crippen MR) is 63.4 cm³/mol. The Morgan fingerprint density at radius 1 is 1.39 bits per heavy atom. The van der Waals surface area contributed by atoms with Crippen LogP contribution in [0.4, 0.5) is 14.6 Å². The van der Waals surface area contributed by atoms with Gasteiger partial charge in [0.1, 0.15) is 5.82 Å². The fourth-order valence-corrected chi connectivity index (χ4v) is 1.43. The first-order chi connectivity index (χ1) is 8.56. The summed E-state index contributed by atoms with van der Waals surface area (Å²) in [5, 5.41) is 5.89. The Balaban J connectivity index is 2.09. The first kappa shape index (κ1) is 12.6. The van der Waals surface area contributed by atoms with Crippen molar-refractivity contribution in [3.05, 3.63) is 40.8 Å². The van der Waals surface area contributed by atoms with Crippen LogP contribution < -0.4 is 5.32 Å². The first-order valence-corrected chi connectivity index (χ1v) is 5.62. The molecular formula is C10H7BrF2N4O. The van der Waals surface area contributed by atoms with E-state index in [-0.39, 0.29) is 5.69 Å². The first-order valence-electron chi connectivity index (χ1n) is 4.82. The summed E-state index contributed by atoms with van der Waals surface area (Å²) >= 11 is 3.20. The molecule has 5 nitrogen and oxygen atoms in total. The van der Waals surface area contributed by atoms with Crippen LogP contribution in [0.2, 0.25) is 0 Å². The van der Waals surface area contributed by atoms with E-state index in [1.165, 1.54) is 12.3 Å². The van der Waals surface area contributed by atoms with E-state index in [1.807, 2.05) is 0 Å². The Morgan fingerprint density at radius 3 is 2.72 bits per heavy atom. The highest BCUT2D eigenvalue weighted by Crippen LogP contribution is 2.12. The normalized spacial score (nSPS) is 10.7. The lowest BCUT2D eigenvalue weighted by atomic mass is 10.4. The zero-order chi connectivity index (χ0) is 13.1. The van der Waals surface area contributed by atoms with Crippen LogP contribution in [-0.2, 0) is 0 Å². The van der Waals surface area contributed by atoms with Gasteiger partial charge in [0.2, 0.25) is 0 Å². The van der Waals surface area contributed by atoms with Gasteiger partial charge in [0.05, 0.1) is 0 Å². The van der Waals surface area contributed by atoms with Crippen molar-refractivity contribution < 1.29 is 13.6 Å². The van der Waals surface area contributed by atoms with Gasteiger partial charge in [-0.25, -0.2) is 9.67 Å². The number of amides is 1. The molecule has 18 heavy (non-hydrogen) atoms. The molecule has 0 bridgehead atoms. The van der Waals surface area contributed by atoms with Crippen LogP contribution in [0, 0.1) is 0 Å². The average molecular weight is 317 g/mol. The lowest BCUT2D eigenvalue weighted by molar-refractivity contribution is 0.0561. The molecule has 1 amide bonds. The number of halogens is 3. The predicted octanol–water partition coefficient (Wildman–Crippen LogP) is 2.69. The maximum absolute atomic E-state index is 12.3. The van der Waals surface area contributed by atoms with Gasteiger partial charge in [0.15, 0.2) is 5.69 Å². The van der Waals surface area contributed by atoms with Crippen LogP contribution >= 0.6 is 15.9 Å². The van der Waals surface area contributed by atoms with E-state index in [0.717, 1.165) is 10.7 Å². The molecule has 2 aromatic heterocycles. The van der Waals surface area contributed by atoms with Crippen LogP contribution in [0.1, 0.15) is 17.0 Å². The molecule has 0 fully saturated rings. The third-order valence-electron chi connectivity index (χ3n) is 2.01. The number of hydrogen-bond donors (Lipinski definition) is 1. The molecule has 8 heteroatoms. The maximum atomic E-state index is 12.3. The number of aromatic nitrogens is 3. The zero-order valence-corrected chi connectivity index (χ0v) is 10.4. The molecule has 0 aliphatic heterocycles. The summed E-state index contributed by atoms with van der Waals surface area (Å²) in [6.07, 6.45) is 2.54. The number of rotatable bonds is 3. The molecule has 0 atom stereocenters. The Labute approximate surface area is 109 Å². The average Bonchev–Trinajstić information content (AvgIpc) is 2.81. The SMILES string of the molecule is O=C(Nc1ccc(Br)cn1)c1ccn(C(F)F)n1. The molecule has 1 N–H and O–H groups in total. The molecule has 2 aromatic rings. The van der Waals surface area contributed by atoms with Crippen molar-refractivity contribution in [2.75, 3.05) is 5.32 Å². The Bertz CT molecular complexity index is 555. The van der Waals surface area contributed by atoms with Crippen molar-refractivity contribution in [3.63, 3.8) is 0 Å². The van der Waals surface area contributed by atoms with Crippen molar-refractivity contribution in [1.82, 2.24) is 14.8 Å². The summed E-state index contributed by atoms with van der Waals surface area (Å²) in [7, 11) is 0. The number of pyridine rings is 1. The molecule has 0 unspecified atom stereocenters. The van der Waals surface area contributed by atoms with E-state index >= 15 is 0 Å². The standard InChI is InChI=1S/C10H7BrF2N4O/c11-6-1-2-8(14-5-6)15-9(18)7-3-4-17(16-7)10(12)13/h1-5,10H,(H,14,15,18). The van der Waals surface area contributed by atoms with Crippen LogP contribution in [-0.4, -0.2) is 20.7 Å². The van der Waals surface area contributed by atoms with Gasteiger partial charge in [0.25, 0.3) is 5.91 Å². The van der Waals surface area contributed by atoms with E-state index in [2.05, 4.69) is 31.3 Å². The van der Waals surface area contributed by atoms with Gasteiger partial charge in [-0.1, -0.05) is 0 Å². The summed E-state index contributed by atoms with van der Waals surface area (Å²) in [4.78, 5) is 15.6. The minimum Gasteiger partial charge on any atom is -0.305 e. The van der Waals surface area contributed by atoms with Gasteiger partial charge in [-0.2, -0.15) is 13.9 Å². The van der Waals surface area contributed by atoms with Crippen molar-refractivity contribution in [2.45, 2.75) is 6.55 Å². The minimum atomic E-state index is -2.77. The van der Waals surface area contributed by atoms with Gasteiger partial charge in [-0.05, 0) is 34.1 Å². The maximum Gasteiger partial charge on any atom is 0.333 e. The van der Waals surface area contributed by atoms with Crippen LogP contribution in [0.15, 0.2) is 35.1 Å². The lowest BCUT2D eigenvalue weighted by Gasteiger charge is -2.02. The largest absolute Gasteiger partial charge is 0.333 e. The molecule has 0 aromatic carbocycles. The molecule has 0 radical (unpaired) electrons. The van der Waals surface area contributed by atoms with Crippen LogP contribution in [0.25, 0.3) is 0 Å². The van der Waals surface area contributed by atoms with Crippen molar-refractivity contribution in [1.29, 1.82) is 0 Å². The van der Waals surface area contributed by atoms with E-state index in [9.17, 15) is 13.6 Å². The number of anilines is 1.